The minimum atomic E-state index is -4.69. The van der Waals surface area contributed by atoms with E-state index < -0.39 is 28.3 Å². The molecule has 3 aromatic rings. The standard InChI is InChI=1S/C17H12F3N5O3S/c18-17(19,20)11-2-4-14(13(8-11)25(27)28)29-10-16(26)23-12-3-5-15(21-9-12)24-7-1-6-22-24/h1-9H,10H2,(H,23,26). The van der Waals surface area contributed by atoms with E-state index in [1.807, 2.05) is 0 Å². The zero-order valence-electron chi connectivity index (χ0n) is 14.5. The molecule has 12 heteroatoms. The Labute approximate surface area is 165 Å². The van der Waals surface area contributed by atoms with E-state index in [1.54, 1.807) is 30.6 Å². The number of benzene rings is 1. The molecule has 1 amide bonds. The van der Waals surface area contributed by atoms with E-state index in [0.29, 0.717) is 17.6 Å². The molecule has 2 heterocycles. The van der Waals surface area contributed by atoms with Gasteiger partial charge in [-0.2, -0.15) is 18.3 Å². The highest BCUT2D eigenvalue weighted by atomic mass is 32.2. The molecule has 0 saturated heterocycles. The van der Waals surface area contributed by atoms with E-state index in [4.69, 9.17) is 0 Å². The summed E-state index contributed by atoms with van der Waals surface area (Å²) in [5, 5.41) is 17.7. The fourth-order valence-electron chi connectivity index (χ4n) is 2.30. The summed E-state index contributed by atoms with van der Waals surface area (Å²) in [6, 6.07) is 7.15. The summed E-state index contributed by atoms with van der Waals surface area (Å²) in [4.78, 5) is 26.4. The third-order valence-corrected chi connectivity index (χ3v) is 4.68. The predicted octanol–water partition coefficient (Wildman–Crippen LogP) is 3.93. The van der Waals surface area contributed by atoms with Crippen molar-refractivity contribution in [2.45, 2.75) is 11.1 Å². The Balaban J connectivity index is 1.64. The van der Waals surface area contributed by atoms with E-state index in [1.165, 1.54) is 10.9 Å². The number of rotatable bonds is 6. The van der Waals surface area contributed by atoms with Crippen molar-refractivity contribution in [3.05, 3.63) is 70.7 Å². The molecule has 0 atom stereocenters. The van der Waals surface area contributed by atoms with Crippen LogP contribution in [-0.4, -0.2) is 31.3 Å². The van der Waals surface area contributed by atoms with Crippen LogP contribution in [0.4, 0.5) is 24.5 Å². The highest BCUT2D eigenvalue weighted by Gasteiger charge is 2.33. The van der Waals surface area contributed by atoms with Gasteiger partial charge in [0.1, 0.15) is 0 Å². The smallest absolute Gasteiger partial charge is 0.324 e. The number of hydrogen-bond acceptors (Lipinski definition) is 6. The molecule has 1 aromatic carbocycles. The van der Waals surface area contributed by atoms with Gasteiger partial charge in [0, 0.05) is 18.5 Å². The second kappa shape index (κ2) is 8.31. The third-order valence-electron chi connectivity index (χ3n) is 3.61. The average Bonchev–Trinajstić information content (AvgIpc) is 3.21. The second-order valence-electron chi connectivity index (χ2n) is 5.63. The van der Waals surface area contributed by atoms with Crippen LogP contribution in [0.3, 0.4) is 0 Å². The van der Waals surface area contributed by atoms with Crippen LogP contribution in [0.15, 0.2) is 59.9 Å². The first-order valence-corrected chi connectivity index (χ1v) is 8.97. The molecule has 2 aromatic heterocycles. The summed E-state index contributed by atoms with van der Waals surface area (Å²) in [7, 11) is 0. The van der Waals surface area contributed by atoms with E-state index in [9.17, 15) is 28.1 Å². The van der Waals surface area contributed by atoms with Crippen molar-refractivity contribution < 1.29 is 22.9 Å². The molecule has 0 spiro atoms. The van der Waals surface area contributed by atoms with Crippen molar-refractivity contribution in [2.75, 3.05) is 11.1 Å². The number of halogens is 3. The molecule has 1 N–H and O–H groups in total. The highest BCUT2D eigenvalue weighted by Crippen LogP contribution is 2.36. The molecule has 0 aliphatic rings. The Kier molecular flexibility index (Phi) is 5.82. The van der Waals surface area contributed by atoms with Crippen LogP contribution in [0.25, 0.3) is 5.82 Å². The van der Waals surface area contributed by atoms with Crippen molar-refractivity contribution >= 4 is 29.0 Å². The Hall–Kier alpha value is -3.41. The molecule has 3 rings (SSSR count). The molecular weight excluding hydrogens is 411 g/mol. The maximum Gasteiger partial charge on any atom is 0.416 e. The number of hydrogen-bond donors (Lipinski definition) is 1. The summed E-state index contributed by atoms with van der Waals surface area (Å²) in [6.07, 6.45) is 0.0179. The number of carbonyl (C=O) groups is 1. The first-order valence-electron chi connectivity index (χ1n) is 7.98. The number of amides is 1. The molecule has 150 valence electrons. The molecule has 0 fully saturated rings. The molecule has 0 radical (unpaired) electrons. The average molecular weight is 423 g/mol. The van der Waals surface area contributed by atoms with Crippen LogP contribution in [0.1, 0.15) is 5.56 Å². The number of nitrogens with zero attached hydrogens (tertiary/aromatic N) is 4. The lowest BCUT2D eigenvalue weighted by Crippen LogP contribution is -2.14. The molecule has 0 unspecified atom stereocenters. The van der Waals surface area contributed by atoms with Gasteiger partial charge in [-0.25, -0.2) is 9.67 Å². The first kappa shape index (κ1) is 20.3. The van der Waals surface area contributed by atoms with Crippen LogP contribution in [0.5, 0.6) is 0 Å². The van der Waals surface area contributed by atoms with E-state index in [0.717, 1.165) is 23.9 Å². The van der Waals surface area contributed by atoms with Gasteiger partial charge in [-0.1, -0.05) is 0 Å². The third kappa shape index (κ3) is 5.10. The molecule has 0 bridgehead atoms. The highest BCUT2D eigenvalue weighted by molar-refractivity contribution is 8.00. The summed E-state index contributed by atoms with van der Waals surface area (Å²) in [5.74, 6) is -0.173. The monoisotopic (exact) mass is 423 g/mol. The Morgan fingerprint density at radius 3 is 2.66 bits per heavy atom. The van der Waals surface area contributed by atoms with E-state index in [-0.39, 0.29) is 10.6 Å². The second-order valence-corrected chi connectivity index (χ2v) is 6.65. The number of pyridine rings is 1. The molecule has 0 saturated carbocycles. The molecule has 0 aliphatic carbocycles. The van der Waals surface area contributed by atoms with Gasteiger partial charge < -0.3 is 5.32 Å². The van der Waals surface area contributed by atoms with Gasteiger partial charge in [-0.3, -0.25) is 14.9 Å². The number of thioether (sulfide) groups is 1. The summed E-state index contributed by atoms with van der Waals surface area (Å²) in [6.45, 7) is 0. The van der Waals surface area contributed by atoms with Crippen LogP contribution in [0.2, 0.25) is 0 Å². The molecule has 0 aliphatic heterocycles. The van der Waals surface area contributed by atoms with Crippen molar-refractivity contribution in [1.82, 2.24) is 14.8 Å². The van der Waals surface area contributed by atoms with Gasteiger partial charge in [0.15, 0.2) is 5.82 Å². The van der Waals surface area contributed by atoms with Gasteiger partial charge in [-0.05, 0) is 30.3 Å². The van der Waals surface area contributed by atoms with Crippen LogP contribution < -0.4 is 5.32 Å². The van der Waals surface area contributed by atoms with Crippen molar-refractivity contribution in [3.8, 4) is 5.82 Å². The van der Waals surface area contributed by atoms with E-state index >= 15 is 0 Å². The summed E-state index contributed by atoms with van der Waals surface area (Å²) >= 11 is 0.768. The Bertz CT molecular complexity index is 1020. The molecule has 29 heavy (non-hydrogen) atoms. The Morgan fingerprint density at radius 2 is 2.07 bits per heavy atom. The SMILES string of the molecule is O=C(CSc1ccc(C(F)(F)F)cc1[N+](=O)[O-])Nc1ccc(-n2cccn2)nc1. The van der Waals surface area contributed by atoms with Crippen LogP contribution in [0, 0.1) is 10.1 Å². The Morgan fingerprint density at radius 1 is 1.28 bits per heavy atom. The summed E-state index contributed by atoms with van der Waals surface area (Å²) < 4.78 is 39.7. The lowest BCUT2D eigenvalue weighted by atomic mass is 10.2. The fraction of sp³-hybridized carbons (Fsp3) is 0.118. The topological polar surface area (TPSA) is 103 Å². The van der Waals surface area contributed by atoms with Crippen LogP contribution >= 0.6 is 11.8 Å². The van der Waals surface area contributed by atoms with Crippen molar-refractivity contribution in [2.24, 2.45) is 0 Å². The number of carbonyl (C=O) groups excluding carboxylic acids is 1. The van der Waals surface area contributed by atoms with Gasteiger partial charge in [0.05, 0.1) is 33.0 Å². The van der Waals surface area contributed by atoms with Gasteiger partial charge in [0.25, 0.3) is 5.69 Å². The molecular formula is C17H12F3N5O3S. The van der Waals surface area contributed by atoms with Gasteiger partial charge in [0.2, 0.25) is 5.91 Å². The van der Waals surface area contributed by atoms with Crippen molar-refractivity contribution in [1.29, 1.82) is 0 Å². The number of aromatic nitrogens is 3. The fourth-order valence-corrected chi connectivity index (χ4v) is 3.10. The maximum absolute atomic E-state index is 12.7. The number of nitrogens with one attached hydrogen (secondary N) is 1. The van der Waals surface area contributed by atoms with Crippen LogP contribution in [-0.2, 0) is 11.0 Å². The molecule has 8 nitrogen and oxygen atoms in total. The minimum absolute atomic E-state index is 0.0368. The number of anilines is 1. The number of alkyl halides is 3. The normalized spacial score (nSPS) is 11.3. The maximum atomic E-state index is 12.7. The lowest BCUT2D eigenvalue weighted by Gasteiger charge is -2.09. The van der Waals surface area contributed by atoms with E-state index in [2.05, 4.69) is 15.4 Å². The largest absolute Gasteiger partial charge is 0.416 e. The van der Waals surface area contributed by atoms with Crippen molar-refractivity contribution in [3.63, 3.8) is 0 Å². The number of nitro benzene ring substituents is 1. The number of nitro groups is 1. The zero-order valence-corrected chi connectivity index (χ0v) is 15.3. The first-order chi connectivity index (χ1) is 13.7. The lowest BCUT2D eigenvalue weighted by molar-refractivity contribution is -0.388. The quantitative estimate of drug-likeness (QED) is 0.366. The zero-order chi connectivity index (χ0) is 21.0. The van der Waals surface area contributed by atoms with Gasteiger partial charge in [-0.15, -0.1) is 11.8 Å². The summed E-state index contributed by atoms with van der Waals surface area (Å²) in [5.41, 5.74) is -1.43. The van der Waals surface area contributed by atoms with Gasteiger partial charge >= 0.3 is 6.18 Å². The predicted molar refractivity (Wildman–Crippen MR) is 98.8 cm³/mol. The minimum Gasteiger partial charge on any atom is -0.324 e.